The number of ether oxygens (including phenoxy) is 2. The van der Waals surface area contributed by atoms with E-state index in [1.807, 2.05) is 24.3 Å². The van der Waals surface area contributed by atoms with Gasteiger partial charge in [0.25, 0.3) is 0 Å². The maximum absolute atomic E-state index is 11.1. The molecule has 0 fully saturated rings. The van der Waals surface area contributed by atoms with Gasteiger partial charge in [0.05, 0.1) is 13.0 Å². The van der Waals surface area contributed by atoms with Crippen molar-refractivity contribution in [3.8, 4) is 0 Å². The van der Waals surface area contributed by atoms with Crippen molar-refractivity contribution < 1.29 is 14.3 Å². The quantitative estimate of drug-likeness (QED) is 0.606. The Bertz CT molecular complexity index is 318. The first kappa shape index (κ1) is 8.99. The molecule has 2 rings (SSSR count). The highest BCUT2D eigenvalue weighted by molar-refractivity contribution is 5.89. The summed E-state index contributed by atoms with van der Waals surface area (Å²) in [4.78, 5) is 15.3. The van der Waals surface area contributed by atoms with Crippen LogP contribution in [0.2, 0.25) is 0 Å². The number of methoxy groups -OCH3 is 1. The fourth-order valence-corrected chi connectivity index (χ4v) is 1.43. The van der Waals surface area contributed by atoms with Crippen LogP contribution in [0, 0.1) is 5.92 Å². The number of esters is 1. The first-order valence-electron chi connectivity index (χ1n) is 4.44. The van der Waals surface area contributed by atoms with E-state index in [-0.39, 0.29) is 11.9 Å². The van der Waals surface area contributed by atoms with E-state index in [1.54, 1.807) is 0 Å². The fraction of sp³-hybridized carbons (Fsp3) is 0.400. The molecule has 0 spiro atoms. The second-order valence-electron chi connectivity index (χ2n) is 3.11. The summed E-state index contributed by atoms with van der Waals surface area (Å²) in [6, 6.07) is -0.489. The number of carbonyl (C=O) groups is 1. The van der Waals surface area contributed by atoms with Crippen molar-refractivity contribution in [1.82, 2.24) is 0 Å². The van der Waals surface area contributed by atoms with Crippen molar-refractivity contribution in [2.24, 2.45) is 10.9 Å². The largest absolute Gasteiger partial charge is 0.477 e. The summed E-state index contributed by atoms with van der Waals surface area (Å²) in [7, 11) is 1.35. The van der Waals surface area contributed by atoms with E-state index < -0.39 is 6.04 Å². The Hall–Kier alpha value is -1.58. The third kappa shape index (κ3) is 1.55. The lowest BCUT2D eigenvalue weighted by molar-refractivity contribution is -0.142. The van der Waals surface area contributed by atoms with Crippen LogP contribution in [0.1, 0.15) is 0 Å². The predicted octanol–water partition coefficient (Wildman–Crippen LogP) is 0.699. The van der Waals surface area contributed by atoms with Gasteiger partial charge in [0.2, 0.25) is 0 Å². The van der Waals surface area contributed by atoms with Gasteiger partial charge in [0.1, 0.15) is 6.61 Å². The van der Waals surface area contributed by atoms with Gasteiger partial charge in [0.15, 0.2) is 11.9 Å². The van der Waals surface area contributed by atoms with E-state index in [1.165, 1.54) is 7.11 Å². The van der Waals surface area contributed by atoms with Gasteiger partial charge in [-0.3, -0.25) is 0 Å². The molecule has 74 valence electrons. The third-order valence-corrected chi connectivity index (χ3v) is 2.18. The first-order valence-corrected chi connectivity index (χ1v) is 4.44. The summed E-state index contributed by atoms with van der Waals surface area (Å²) in [6.07, 6.45) is 7.81. The average molecular weight is 193 g/mol. The molecule has 4 heteroatoms. The van der Waals surface area contributed by atoms with E-state index in [0.29, 0.717) is 12.5 Å². The van der Waals surface area contributed by atoms with Crippen molar-refractivity contribution in [3.63, 3.8) is 0 Å². The minimum atomic E-state index is -0.489. The molecule has 1 aliphatic heterocycles. The molecule has 1 atom stereocenters. The predicted molar refractivity (Wildman–Crippen MR) is 51.0 cm³/mol. The zero-order valence-corrected chi connectivity index (χ0v) is 7.84. The zero-order valence-electron chi connectivity index (χ0n) is 7.84. The molecule has 0 radical (unpaired) electrons. The summed E-state index contributed by atoms with van der Waals surface area (Å²) in [5.41, 5.74) is 0. The monoisotopic (exact) mass is 193 g/mol. The Kier molecular flexibility index (Phi) is 2.35. The number of hydrogen-bond donors (Lipinski definition) is 0. The van der Waals surface area contributed by atoms with Gasteiger partial charge < -0.3 is 9.47 Å². The van der Waals surface area contributed by atoms with Crippen molar-refractivity contribution in [3.05, 3.63) is 24.3 Å². The van der Waals surface area contributed by atoms with Crippen molar-refractivity contribution >= 4 is 11.9 Å². The van der Waals surface area contributed by atoms with Gasteiger partial charge in [-0.1, -0.05) is 24.3 Å². The highest BCUT2D eigenvalue weighted by Gasteiger charge is 2.29. The van der Waals surface area contributed by atoms with E-state index in [4.69, 9.17) is 4.74 Å². The normalized spacial score (nSPS) is 24.9. The highest BCUT2D eigenvalue weighted by atomic mass is 16.5. The number of hydrogen-bond acceptors (Lipinski definition) is 4. The second-order valence-corrected chi connectivity index (χ2v) is 3.11. The number of carbonyl (C=O) groups excluding carboxylic acids is 1. The molecule has 0 unspecified atom stereocenters. The lowest BCUT2D eigenvalue weighted by atomic mass is 10.2. The molecular formula is C10H11NO3. The topological polar surface area (TPSA) is 47.9 Å². The molecule has 0 N–H and O–H groups in total. The molecule has 2 aliphatic rings. The van der Waals surface area contributed by atoms with Gasteiger partial charge in [-0.2, -0.15) is 0 Å². The summed E-state index contributed by atoms with van der Waals surface area (Å²) in [6.45, 7) is 0.292. The van der Waals surface area contributed by atoms with E-state index in [2.05, 4.69) is 9.73 Å². The minimum Gasteiger partial charge on any atom is -0.477 e. The summed E-state index contributed by atoms with van der Waals surface area (Å²) in [5, 5.41) is 0. The summed E-state index contributed by atoms with van der Waals surface area (Å²) in [5.74, 6) is 0.348. The Morgan fingerprint density at radius 2 is 2.29 bits per heavy atom. The maximum atomic E-state index is 11.1. The molecule has 0 saturated heterocycles. The first-order chi connectivity index (χ1) is 6.81. The third-order valence-electron chi connectivity index (χ3n) is 2.18. The standard InChI is InChI=1S/C10H11NO3/c1-13-10(12)8-6-14-9(11-8)7-4-2-3-5-7/h2-5,7-8H,6H2,1H3/t8-/m0/s1. The molecule has 14 heavy (non-hydrogen) atoms. The number of rotatable bonds is 2. The highest BCUT2D eigenvalue weighted by Crippen LogP contribution is 2.17. The van der Waals surface area contributed by atoms with Crippen LogP contribution in [0.3, 0.4) is 0 Å². The van der Waals surface area contributed by atoms with Gasteiger partial charge >= 0.3 is 5.97 Å². The van der Waals surface area contributed by atoms with Gasteiger partial charge in [-0.25, -0.2) is 9.79 Å². The van der Waals surface area contributed by atoms with Crippen LogP contribution >= 0.6 is 0 Å². The van der Waals surface area contributed by atoms with Gasteiger partial charge in [0, 0.05) is 0 Å². The number of nitrogens with zero attached hydrogens (tertiary/aromatic N) is 1. The van der Waals surface area contributed by atoms with Gasteiger partial charge in [-0.05, 0) is 0 Å². The van der Waals surface area contributed by atoms with E-state index in [9.17, 15) is 4.79 Å². The fourth-order valence-electron chi connectivity index (χ4n) is 1.43. The minimum absolute atomic E-state index is 0.0876. The molecule has 0 aromatic rings. The Morgan fingerprint density at radius 3 is 2.93 bits per heavy atom. The average Bonchev–Trinajstić information content (AvgIpc) is 2.86. The van der Waals surface area contributed by atoms with Crippen LogP contribution in [0.15, 0.2) is 29.3 Å². The SMILES string of the molecule is COC(=O)[C@@H]1COC(C2C=CC=C2)=N1. The Labute approximate surface area is 81.9 Å². The van der Waals surface area contributed by atoms with Crippen LogP contribution in [-0.4, -0.2) is 31.6 Å². The van der Waals surface area contributed by atoms with Crippen LogP contribution in [0.25, 0.3) is 0 Å². The molecule has 0 bridgehead atoms. The van der Waals surface area contributed by atoms with Crippen LogP contribution < -0.4 is 0 Å². The molecule has 1 heterocycles. The van der Waals surface area contributed by atoms with Crippen molar-refractivity contribution in [2.45, 2.75) is 6.04 Å². The molecule has 0 aromatic heterocycles. The van der Waals surface area contributed by atoms with E-state index >= 15 is 0 Å². The van der Waals surface area contributed by atoms with Gasteiger partial charge in [-0.15, -0.1) is 0 Å². The molecule has 0 saturated carbocycles. The molecular weight excluding hydrogens is 182 g/mol. The molecule has 0 amide bonds. The maximum Gasteiger partial charge on any atom is 0.334 e. The Morgan fingerprint density at radius 1 is 1.57 bits per heavy atom. The number of aliphatic imine (C=N–C) groups is 1. The van der Waals surface area contributed by atoms with Crippen molar-refractivity contribution in [1.29, 1.82) is 0 Å². The van der Waals surface area contributed by atoms with Crippen LogP contribution in [0.4, 0.5) is 0 Å². The molecule has 0 aromatic carbocycles. The lowest BCUT2D eigenvalue weighted by Crippen LogP contribution is -2.21. The Balaban J connectivity index is 2.05. The van der Waals surface area contributed by atoms with E-state index in [0.717, 1.165) is 0 Å². The van der Waals surface area contributed by atoms with Crippen molar-refractivity contribution in [2.75, 3.05) is 13.7 Å². The molecule has 1 aliphatic carbocycles. The van der Waals surface area contributed by atoms with Crippen LogP contribution in [-0.2, 0) is 14.3 Å². The number of allylic oxidation sites excluding steroid dienone is 2. The lowest BCUT2D eigenvalue weighted by Gasteiger charge is -2.03. The second kappa shape index (κ2) is 3.65. The smallest absolute Gasteiger partial charge is 0.334 e. The van der Waals surface area contributed by atoms with Crippen LogP contribution in [0.5, 0.6) is 0 Å². The summed E-state index contributed by atoms with van der Waals surface area (Å²) < 4.78 is 9.90. The molecule has 4 nitrogen and oxygen atoms in total. The summed E-state index contributed by atoms with van der Waals surface area (Å²) >= 11 is 0. The zero-order chi connectivity index (χ0) is 9.97.